The van der Waals surface area contributed by atoms with E-state index in [-0.39, 0.29) is 5.91 Å². The predicted molar refractivity (Wildman–Crippen MR) is 83.3 cm³/mol. The summed E-state index contributed by atoms with van der Waals surface area (Å²) in [5, 5.41) is 0. The van der Waals surface area contributed by atoms with Crippen molar-refractivity contribution in [3.8, 4) is 0 Å². The zero-order valence-electron chi connectivity index (χ0n) is 13.0. The van der Waals surface area contributed by atoms with Crippen molar-refractivity contribution in [2.45, 2.75) is 38.3 Å². The summed E-state index contributed by atoms with van der Waals surface area (Å²) in [4.78, 5) is 17.1. The lowest BCUT2D eigenvalue weighted by molar-refractivity contribution is 0.0495. The number of rotatable bonds is 3. The molecule has 5 heteroatoms. The minimum atomic E-state index is 0.0797. The van der Waals surface area contributed by atoms with Gasteiger partial charge < -0.3 is 15.1 Å². The molecule has 0 radical (unpaired) electrons. The van der Waals surface area contributed by atoms with Crippen molar-refractivity contribution in [1.82, 2.24) is 9.80 Å². The number of furan rings is 1. The van der Waals surface area contributed by atoms with Crippen LogP contribution in [0.2, 0.25) is 0 Å². The van der Waals surface area contributed by atoms with Crippen molar-refractivity contribution in [2.75, 3.05) is 26.2 Å². The quantitative estimate of drug-likeness (QED) is 0.923. The SMILES string of the molecule is NCc1cc(C(=O)N2CCN(C3CC4CCC3C4)CC2)co1. The Kier molecular flexibility index (Phi) is 3.70. The topological polar surface area (TPSA) is 62.7 Å². The Hall–Kier alpha value is -1.33. The average Bonchev–Trinajstić information content (AvgIpc) is 3.30. The van der Waals surface area contributed by atoms with E-state index in [2.05, 4.69) is 4.90 Å². The van der Waals surface area contributed by atoms with Crippen LogP contribution in [0.25, 0.3) is 0 Å². The first-order valence-electron chi connectivity index (χ1n) is 8.55. The van der Waals surface area contributed by atoms with Gasteiger partial charge in [-0.15, -0.1) is 0 Å². The van der Waals surface area contributed by atoms with Crippen LogP contribution in [-0.4, -0.2) is 47.9 Å². The lowest BCUT2D eigenvalue weighted by atomic mass is 9.93. The van der Waals surface area contributed by atoms with Gasteiger partial charge in [-0.1, -0.05) is 6.42 Å². The molecule has 3 unspecified atom stereocenters. The number of fused-ring (bicyclic) bond motifs is 2. The minimum Gasteiger partial charge on any atom is -0.467 e. The Balaban J connectivity index is 1.34. The number of carbonyl (C=O) groups is 1. The third kappa shape index (κ3) is 2.46. The summed E-state index contributed by atoms with van der Waals surface area (Å²) < 4.78 is 5.28. The maximum atomic E-state index is 12.5. The third-order valence-electron chi connectivity index (χ3n) is 5.87. The van der Waals surface area contributed by atoms with Crippen LogP contribution in [0, 0.1) is 11.8 Å². The molecule has 1 saturated heterocycles. The van der Waals surface area contributed by atoms with E-state index in [1.165, 1.54) is 31.9 Å². The summed E-state index contributed by atoms with van der Waals surface area (Å²) in [7, 11) is 0. The van der Waals surface area contributed by atoms with E-state index in [1.54, 1.807) is 6.07 Å². The van der Waals surface area contributed by atoms with E-state index >= 15 is 0 Å². The van der Waals surface area contributed by atoms with Crippen LogP contribution in [0.4, 0.5) is 0 Å². The molecule has 2 N–H and O–H groups in total. The second-order valence-corrected chi connectivity index (χ2v) is 7.08. The van der Waals surface area contributed by atoms with Crippen molar-refractivity contribution in [3.05, 3.63) is 23.7 Å². The average molecular weight is 303 g/mol. The Morgan fingerprint density at radius 1 is 1.23 bits per heavy atom. The molecular formula is C17H25N3O2. The molecule has 2 saturated carbocycles. The fourth-order valence-corrected chi connectivity index (χ4v) is 4.70. The molecule has 1 aliphatic heterocycles. The third-order valence-corrected chi connectivity index (χ3v) is 5.87. The Labute approximate surface area is 131 Å². The Morgan fingerprint density at radius 2 is 2.05 bits per heavy atom. The van der Waals surface area contributed by atoms with E-state index in [0.29, 0.717) is 17.9 Å². The number of piperazine rings is 1. The second-order valence-electron chi connectivity index (χ2n) is 7.08. The summed E-state index contributed by atoms with van der Waals surface area (Å²) >= 11 is 0. The summed E-state index contributed by atoms with van der Waals surface area (Å²) in [6.45, 7) is 4.03. The zero-order valence-corrected chi connectivity index (χ0v) is 13.0. The molecule has 2 heterocycles. The lowest BCUT2D eigenvalue weighted by Crippen LogP contribution is -2.53. The van der Waals surface area contributed by atoms with Crippen LogP contribution in [0.5, 0.6) is 0 Å². The molecule has 1 aromatic heterocycles. The molecule has 2 bridgehead atoms. The highest BCUT2D eigenvalue weighted by atomic mass is 16.3. The van der Waals surface area contributed by atoms with Crippen LogP contribution in [0.3, 0.4) is 0 Å². The molecule has 1 amide bonds. The van der Waals surface area contributed by atoms with Crippen LogP contribution >= 0.6 is 0 Å². The van der Waals surface area contributed by atoms with Gasteiger partial charge in [-0.05, 0) is 37.2 Å². The summed E-state index contributed by atoms with van der Waals surface area (Å²) in [5.74, 6) is 2.66. The molecule has 0 aromatic carbocycles. The second kappa shape index (κ2) is 5.70. The number of nitrogens with two attached hydrogens (primary N) is 1. The van der Waals surface area contributed by atoms with Gasteiger partial charge in [-0.25, -0.2) is 0 Å². The maximum absolute atomic E-state index is 12.5. The van der Waals surface area contributed by atoms with Gasteiger partial charge in [0.2, 0.25) is 0 Å². The molecule has 1 aromatic rings. The largest absolute Gasteiger partial charge is 0.467 e. The van der Waals surface area contributed by atoms with Gasteiger partial charge in [0.15, 0.2) is 0 Å². The number of carbonyl (C=O) groups excluding carboxylic acids is 1. The van der Waals surface area contributed by atoms with E-state index < -0.39 is 0 Å². The van der Waals surface area contributed by atoms with Gasteiger partial charge in [-0.3, -0.25) is 9.69 Å². The molecule has 3 atom stereocenters. The van der Waals surface area contributed by atoms with Crippen LogP contribution in [0.15, 0.2) is 16.7 Å². The highest BCUT2D eigenvalue weighted by Gasteiger charge is 2.42. The zero-order chi connectivity index (χ0) is 15.1. The van der Waals surface area contributed by atoms with Crippen molar-refractivity contribution >= 4 is 5.91 Å². The smallest absolute Gasteiger partial charge is 0.257 e. The first-order chi connectivity index (χ1) is 10.7. The molecular weight excluding hydrogens is 278 g/mol. The van der Waals surface area contributed by atoms with E-state index in [4.69, 9.17) is 10.2 Å². The molecule has 22 heavy (non-hydrogen) atoms. The summed E-state index contributed by atoms with van der Waals surface area (Å²) in [6, 6.07) is 2.55. The van der Waals surface area contributed by atoms with Crippen molar-refractivity contribution in [3.63, 3.8) is 0 Å². The minimum absolute atomic E-state index is 0.0797. The molecule has 0 spiro atoms. The molecule has 5 nitrogen and oxygen atoms in total. The summed E-state index contributed by atoms with van der Waals surface area (Å²) in [5.41, 5.74) is 6.17. The Morgan fingerprint density at radius 3 is 2.64 bits per heavy atom. The Bertz CT molecular complexity index is 548. The highest BCUT2D eigenvalue weighted by molar-refractivity contribution is 5.94. The van der Waals surface area contributed by atoms with Crippen molar-refractivity contribution in [1.29, 1.82) is 0 Å². The number of amides is 1. The van der Waals surface area contributed by atoms with Gasteiger partial charge in [0.05, 0.1) is 12.1 Å². The number of nitrogens with zero attached hydrogens (tertiary/aromatic N) is 2. The van der Waals surface area contributed by atoms with E-state index in [0.717, 1.165) is 44.1 Å². The van der Waals surface area contributed by atoms with Gasteiger partial charge in [0.1, 0.15) is 12.0 Å². The van der Waals surface area contributed by atoms with Gasteiger partial charge in [0, 0.05) is 32.2 Å². The van der Waals surface area contributed by atoms with Gasteiger partial charge in [0.25, 0.3) is 5.91 Å². The normalized spacial score (nSPS) is 31.9. The van der Waals surface area contributed by atoms with Crippen molar-refractivity contribution in [2.24, 2.45) is 17.6 Å². The monoisotopic (exact) mass is 303 g/mol. The van der Waals surface area contributed by atoms with Gasteiger partial charge >= 0.3 is 0 Å². The van der Waals surface area contributed by atoms with Crippen LogP contribution in [-0.2, 0) is 6.54 Å². The number of hydrogen-bond donors (Lipinski definition) is 1. The maximum Gasteiger partial charge on any atom is 0.257 e. The van der Waals surface area contributed by atoms with Crippen LogP contribution < -0.4 is 5.73 Å². The van der Waals surface area contributed by atoms with E-state index in [9.17, 15) is 4.79 Å². The highest BCUT2D eigenvalue weighted by Crippen LogP contribution is 2.46. The number of hydrogen-bond acceptors (Lipinski definition) is 4. The predicted octanol–water partition coefficient (Wildman–Crippen LogP) is 1.68. The first kappa shape index (κ1) is 14.3. The molecule has 3 fully saturated rings. The van der Waals surface area contributed by atoms with Crippen LogP contribution in [0.1, 0.15) is 41.8 Å². The lowest BCUT2D eigenvalue weighted by Gasteiger charge is -2.40. The fourth-order valence-electron chi connectivity index (χ4n) is 4.70. The molecule has 120 valence electrons. The standard InChI is InChI=1S/C17H25N3O2/c18-10-15-9-14(11-22-15)17(21)20-5-3-19(4-6-20)16-8-12-1-2-13(16)7-12/h9,11-13,16H,1-8,10,18H2. The summed E-state index contributed by atoms with van der Waals surface area (Å²) in [6.07, 6.45) is 7.24. The molecule has 3 aliphatic rings. The fraction of sp³-hybridized carbons (Fsp3) is 0.706. The van der Waals surface area contributed by atoms with Gasteiger partial charge in [-0.2, -0.15) is 0 Å². The van der Waals surface area contributed by atoms with E-state index in [1.807, 2.05) is 4.90 Å². The molecule has 2 aliphatic carbocycles. The first-order valence-corrected chi connectivity index (χ1v) is 8.55. The van der Waals surface area contributed by atoms with Crippen molar-refractivity contribution < 1.29 is 9.21 Å². The molecule has 4 rings (SSSR count).